The minimum absolute atomic E-state index is 0.156. The molecule has 1 aromatic heterocycles. The molecule has 1 rings (SSSR count). The Morgan fingerprint density at radius 3 is 2.54 bits per heavy atom. The van der Waals surface area contributed by atoms with Crippen LogP contribution in [0.25, 0.3) is 0 Å². The normalized spacial score (nSPS) is 12.1. The SMILES string of the molecule is CN(Cc1ccccn1)[Si](F)(F)F. The van der Waals surface area contributed by atoms with Crippen molar-refractivity contribution in [2.24, 2.45) is 0 Å². The summed E-state index contributed by atoms with van der Waals surface area (Å²) in [6, 6.07) is 4.93. The van der Waals surface area contributed by atoms with Gasteiger partial charge in [0.15, 0.2) is 0 Å². The summed E-state index contributed by atoms with van der Waals surface area (Å²) in [6.07, 6.45) is 1.49. The Morgan fingerprint density at radius 2 is 2.08 bits per heavy atom. The van der Waals surface area contributed by atoms with E-state index in [0.717, 1.165) is 7.05 Å². The molecule has 72 valence electrons. The number of rotatable bonds is 3. The predicted octanol–water partition coefficient (Wildman–Crippen LogP) is 1.86. The Balaban J connectivity index is 2.61. The molecular formula is C7H9F3N2Si. The van der Waals surface area contributed by atoms with E-state index in [1.807, 2.05) is 0 Å². The standard InChI is InChI=1S/C7H9F3N2Si/c1-12(13(8,9)10)6-7-4-2-3-5-11-7/h2-5H,6H2,1H3. The van der Waals surface area contributed by atoms with E-state index in [-0.39, 0.29) is 6.54 Å². The topological polar surface area (TPSA) is 16.1 Å². The van der Waals surface area contributed by atoms with E-state index >= 15 is 0 Å². The summed E-state index contributed by atoms with van der Waals surface area (Å²) in [5, 5.41) is 0. The average Bonchev–Trinajstić information content (AvgIpc) is 2.04. The van der Waals surface area contributed by atoms with Crippen molar-refractivity contribution < 1.29 is 12.3 Å². The summed E-state index contributed by atoms with van der Waals surface area (Å²) in [5.41, 5.74) is 0.440. The van der Waals surface area contributed by atoms with Crippen LogP contribution in [0, 0.1) is 0 Å². The lowest BCUT2D eigenvalue weighted by Crippen LogP contribution is -2.39. The number of aromatic nitrogens is 1. The van der Waals surface area contributed by atoms with Crippen molar-refractivity contribution in [3.05, 3.63) is 30.1 Å². The van der Waals surface area contributed by atoms with Crippen molar-refractivity contribution >= 4 is 9.24 Å². The van der Waals surface area contributed by atoms with Crippen LogP contribution in [0.5, 0.6) is 0 Å². The smallest absolute Gasteiger partial charge is 0.260 e. The molecule has 0 unspecified atom stereocenters. The van der Waals surface area contributed by atoms with Crippen molar-refractivity contribution in [2.75, 3.05) is 7.05 Å². The first-order chi connectivity index (χ1) is 6.00. The van der Waals surface area contributed by atoms with E-state index in [4.69, 9.17) is 0 Å². The number of nitrogens with zero attached hydrogens (tertiary/aromatic N) is 2. The third kappa shape index (κ3) is 3.15. The fourth-order valence-corrected chi connectivity index (χ4v) is 1.17. The summed E-state index contributed by atoms with van der Waals surface area (Å²) < 4.78 is 36.9. The Bertz CT molecular complexity index is 262. The van der Waals surface area contributed by atoms with Crippen LogP contribution in [0.15, 0.2) is 24.4 Å². The number of hydrogen-bond acceptors (Lipinski definition) is 2. The molecule has 13 heavy (non-hydrogen) atoms. The zero-order valence-electron chi connectivity index (χ0n) is 7.04. The maximum atomic E-state index is 12.2. The fourth-order valence-electron chi connectivity index (χ4n) is 0.824. The van der Waals surface area contributed by atoms with Gasteiger partial charge in [0.1, 0.15) is 0 Å². The summed E-state index contributed by atoms with van der Waals surface area (Å²) in [4.78, 5) is 3.81. The zero-order valence-corrected chi connectivity index (χ0v) is 8.04. The Labute approximate surface area is 75.6 Å². The van der Waals surface area contributed by atoms with Crippen LogP contribution in [0.3, 0.4) is 0 Å². The predicted molar refractivity (Wildman–Crippen MR) is 44.8 cm³/mol. The number of pyridine rings is 1. The monoisotopic (exact) mass is 206 g/mol. The molecule has 2 nitrogen and oxygen atoms in total. The number of halogens is 3. The van der Waals surface area contributed by atoms with Crippen LogP contribution in [-0.4, -0.2) is 25.8 Å². The lowest BCUT2D eigenvalue weighted by Gasteiger charge is -2.15. The van der Waals surface area contributed by atoms with Gasteiger partial charge in [0.25, 0.3) is 0 Å². The minimum atomic E-state index is -5.65. The van der Waals surface area contributed by atoms with Gasteiger partial charge in [-0.25, -0.2) is 16.9 Å². The second-order valence-corrected chi connectivity index (χ2v) is 4.34. The van der Waals surface area contributed by atoms with Gasteiger partial charge in [0, 0.05) is 12.7 Å². The Hall–Kier alpha value is -0.883. The van der Waals surface area contributed by atoms with E-state index in [9.17, 15) is 12.3 Å². The Kier molecular flexibility index (Phi) is 3.05. The van der Waals surface area contributed by atoms with Crippen LogP contribution < -0.4 is 0 Å². The van der Waals surface area contributed by atoms with Crippen molar-refractivity contribution in [3.63, 3.8) is 0 Å². The molecule has 0 radical (unpaired) electrons. The molecule has 0 fully saturated rings. The van der Waals surface area contributed by atoms with E-state index in [2.05, 4.69) is 4.98 Å². The highest BCUT2D eigenvalue weighted by molar-refractivity contribution is 6.55. The maximum absolute atomic E-state index is 12.2. The quantitative estimate of drug-likeness (QED) is 0.554. The maximum Gasteiger partial charge on any atom is 0.719 e. The van der Waals surface area contributed by atoms with E-state index < -0.39 is 9.24 Å². The van der Waals surface area contributed by atoms with Crippen molar-refractivity contribution in [2.45, 2.75) is 6.54 Å². The molecule has 0 bridgehead atoms. The molecule has 0 aliphatic rings. The van der Waals surface area contributed by atoms with Gasteiger partial charge in [0.2, 0.25) is 0 Å². The summed E-state index contributed by atoms with van der Waals surface area (Å²) >= 11 is 0. The summed E-state index contributed by atoms with van der Waals surface area (Å²) in [7, 11) is -4.59. The minimum Gasteiger partial charge on any atom is -0.260 e. The first-order valence-electron chi connectivity index (χ1n) is 3.68. The molecule has 0 aliphatic heterocycles. The highest BCUT2D eigenvalue weighted by Crippen LogP contribution is 2.14. The van der Waals surface area contributed by atoms with Gasteiger partial charge in [-0.05, 0) is 19.2 Å². The molecule has 1 aromatic rings. The first kappa shape index (κ1) is 10.2. The van der Waals surface area contributed by atoms with Crippen LogP contribution >= 0.6 is 0 Å². The van der Waals surface area contributed by atoms with Gasteiger partial charge in [-0.3, -0.25) is 4.98 Å². The molecule has 0 saturated heterocycles. The summed E-state index contributed by atoms with van der Waals surface area (Å²) in [6.45, 7) is -0.156. The highest BCUT2D eigenvalue weighted by Gasteiger charge is 2.43. The van der Waals surface area contributed by atoms with Gasteiger partial charge in [0.05, 0.1) is 5.69 Å². The van der Waals surface area contributed by atoms with Gasteiger partial charge >= 0.3 is 9.24 Å². The van der Waals surface area contributed by atoms with Crippen LogP contribution in [0.2, 0.25) is 0 Å². The second-order valence-electron chi connectivity index (χ2n) is 2.64. The van der Waals surface area contributed by atoms with Crippen molar-refractivity contribution in [1.29, 1.82) is 0 Å². The van der Waals surface area contributed by atoms with Crippen molar-refractivity contribution in [3.8, 4) is 0 Å². The van der Waals surface area contributed by atoms with Gasteiger partial charge in [-0.1, -0.05) is 6.07 Å². The Morgan fingerprint density at radius 1 is 1.38 bits per heavy atom. The molecule has 0 amide bonds. The van der Waals surface area contributed by atoms with Crippen LogP contribution in [0.4, 0.5) is 12.3 Å². The second kappa shape index (κ2) is 3.88. The fraction of sp³-hybridized carbons (Fsp3) is 0.286. The molecule has 0 atom stereocenters. The van der Waals surface area contributed by atoms with Gasteiger partial charge < -0.3 is 0 Å². The zero-order chi connectivity index (χ0) is 9.90. The van der Waals surface area contributed by atoms with Gasteiger partial charge in [-0.15, -0.1) is 0 Å². The highest BCUT2D eigenvalue weighted by atomic mass is 28.5. The van der Waals surface area contributed by atoms with Crippen molar-refractivity contribution in [1.82, 2.24) is 9.55 Å². The molecule has 0 spiro atoms. The first-order valence-corrected chi connectivity index (χ1v) is 5.26. The molecule has 1 heterocycles. The summed E-state index contributed by atoms with van der Waals surface area (Å²) in [5.74, 6) is 0. The largest absolute Gasteiger partial charge is 0.719 e. The third-order valence-electron chi connectivity index (χ3n) is 1.56. The van der Waals surface area contributed by atoms with Crippen LogP contribution in [0.1, 0.15) is 5.69 Å². The molecule has 0 aliphatic carbocycles. The molecular weight excluding hydrogens is 197 g/mol. The lowest BCUT2D eigenvalue weighted by molar-refractivity contribution is 0.302. The van der Waals surface area contributed by atoms with Gasteiger partial charge in [-0.2, -0.15) is 0 Å². The molecule has 0 aromatic carbocycles. The number of hydrogen-bond donors (Lipinski definition) is 0. The lowest BCUT2D eigenvalue weighted by atomic mass is 10.3. The van der Waals surface area contributed by atoms with E-state index in [1.54, 1.807) is 18.2 Å². The molecule has 0 saturated carbocycles. The molecule has 0 N–H and O–H groups in total. The van der Waals surface area contributed by atoms with Crippen LogP contribution in [-0.2, 0) is 6.54 Å². The van der Waals surface area contributed by atoms with E-state index in [0.29, 0.717) is 10.3 Å². The third-order valence-corrected chi connectivity index (χ3v) is 2.58. The average molecular weight is 206 g/mol. The molecule has 6 heteroatoms. The van der Waals surface area contributed by atoms with E-state index in [1.165, 1.54) is 6.20 Å².